The average molecular weight is 373 g/mol. The maximum Gasteiger partial charge on any atom is 0.332 e. The number of hydrogen-bond donors (Lipinski definition) is 0. The van der Waals surface area contributed by atoms with Gasteiger partial charge in [-0.1, -0.05) is 12.1 Å². The Kier molecular flexibility index (Phi) is 5.20. The number of benzene rings is 1. The Morgan fingerprint density at radius 3 is 2.52 bits per heavy atom. The number of fused-ring (bicyclic) bond motifs is 1. The van der Waals surface area contributed by atoms with E-state index in [1.165, 1.54) is 0 Å². The smallest absolute Gasteiger partial charge is 0.332 e. The summed E-state index contributed by atoms with van der Waals surface area (Å²) in [5, 5.41) is 0.311. The monoisotopic (exact) mass is 373 g/mol. The highest BCUT2D eigenvalue weighted by atomic mass is 16.5. The molecule has 0 bridgehead atoms. The third kappa shape index (κ3) is 3.53. The molecule has 0 unspecified atom stereocenters. The number of esters is 1. The second kappa shape index (κ2) is 7.56. The van der Waals surface area contributed by atoms with Gasteiger partial charge in [0.15, 0.2) is 6.61 Å². The van der Waals surface area contributed by atoms with Crippen LogP contribution in [0.15, 0.2) is 33.9 Å². The van der Waals surface area contributed by atoms with Gasteiger partial charge in [0.05, 0.1) is 10.9 Å². The first-order valence-electron chi connectivity index (χ1n) is 8.65. The highest BCUT2D eigenvalue weighted by Gasteiger charge is 2.27. The number of aromatic nitrogens is 2. The van der Waals surface area contributed by atoms with E-state index < -0.39 is 36.3 Å². The third-order valence-electron chi connectivity index (χ3n) is 4.47. The fourth-order valence-corrected chi connectivity index (χ4v) is 3.11. The minimum Gasteiger partial charge on any atom is -0.454 e. The number of hydrogen-bond acceptors (Lipinski definition) is 6. The Balaban J connectivity index is 1.81. The van der Waals surface area contributed by atoms with E-state index in [4.69, 9.17) is 4.74 Å². The van der Waals surface area contributed by atoms with Gasteiger partial charge in [-0.05, 0) is 25.5 Å². The van der Waals surface area contributed by atoms with Crippen LogP contribution in [0.4, 0.5) is 0 Å². The normalized spacial score (nSPS) is 14.0. The summed E-state index contributed by atoms with van der Waals surface area (Å²) in [6.07, 6.45) is 0.901. The third-order valence-corrected chi connectivity index (χ3v) is 4.47. The molecule has 0 radical (unpaired) electrons. The van der Waals surface area contributed by atoms with E-state index in [1.54, 1.807) is 31.2 Å². The van der Waals surface area contributed by atoms with Crippen LogP contribution in [0.2, 0.25) is 0 Å². The summed E-state index contributed by atoms with van der Waals surface area (Å²) in [5.41, 5.74) is -0.736. The van der Waals surface area contributed by atoms with Crippen LogP contribution >= 0.6 is 0 Å². The van der Waals surface area contributed by atoms with Crippen molar-refractivity contribution in [3.8, 4) is 0 Å². The molecule has 2 aromatic rings. The maximum atomic E-state index is 12.6. The molecule has 1 aliphatic rings. The SMILES string of the molecule is CCn1c(=O)c2ccccc2n(CC(=O)OCC(=O)N2CCCC2=O)c1=O. The molecule has 0 spiro atoms. The molecule has 9 nitrogen and oxygen atoms in total. The van der Waals surface area contributed by atoms with Gasteiger partial charge in [0, 0.05) is 19.5 Å². The molecule has 0 saturated carbocycles. The van der Waals surface area contributed by atoms with Crippen LogP contribution in [-0.4, -0.2) is 45.0 Å². The summed E-state index contributed by atoms with van der Waals surface area (Å²) < 4.78 is 7.12. The number of para-hydroxylation sites is 1. The summed E-state index contributed by atoms with van der Waals surface area (Å²) in [7, 11) is 0. The number of nitrogens with zero attached hydrogens (tertiary/aromatic N) is 3. The van der Waals surface area contributed by atoms with Crippen LogP contribution < -0.4 is 11.2 Å². The number of likely N-dealkylation sites (tertiary alicyclic amines) is 1. The Labute approximate surface area is 153 Å². The molecule has 1 aromatic heterocycles. The quantitative estimate of drug-likeness (QED) is 0.676. The predicted molar refractivity (Wildman–Crippen MR) is 95.1 cm³/mol. The number of ether oxygens (including phenoxy) is 1. The van der Waals surface area contributed by atoms with Crippen molar-refractivity contribution in [3.05, 3.63) is 45.1 Å². The van der Waals surface area contributed by atoms with Gasteiger partial charge in [-0.15, -0.1) is 0 Å². The number of carbonyl (C=O) groups is 3. The highest BCUT2D eigenvalue weighted by Crippen LogP contribution is 2.10. The molecule has 1 aromatic carbocycles. The number of amides is 2. The van der Waals surface area contributed by atoms with E-state index in [0.717, 1.165) is 14.0 Å². The first kappa shape index (κ1) is 18.6. The standard InChI is InChI=1S/C18H19N3O6/c1-2-19-17(25)12-6-3-4-7-13(12)21(18(19)26)10-16(24)27-11-15(23)20-9-5-8-14(20)22/h3-4,6-7H,2,5,8-11H2,1H3. The van der Waals surface area contributed by atoms with Gasteiger partial charge in [0.2, 0.25) is 5.91 Å². The van der Waals surface area contributed by atoms with Crippen LogP contribution in [0.3, 0.4) is 0 Å². The van der Waals surface area contributed by atoms with Gasteiger partial charge >= 0.3 is 11.7 Å². The largest absolute Gasteiger partial charge is 0.454 e. The Morgan fingerprint density at radius 2 is 1.85 bits per heavy atom. The molecule has 2 heterocycles. The van der Waals surface area contributed by atoms with E-state index in [2.05, 4.69) is 0 Å². The maximum absolute atomic E-state index is 12.6. The lowest BCUT2D eigenvalue weighted by Gasteiger charge is -2.15. The van der Waals surface area contributed by atoms with Gasteiger partial charge < -0.3 is 4.74 Å². The van der Waals surface area contributed by atoms with Crippen LogP contribution in [-0.2, 0) is 32.2 Å². The lowest BCUT2D eigenvalue weighted by Crippen LogP contribution is -2.41. The molecule has 0 N–H and O–H groups in total. The van der Waals surface area contributed by atoms with Gasteiger partial charge in [-0.3, -0.25) is 33.2 Å². The predicted octanol–water partition coefficient (Wildman–Crippen LogP) is -0.125. The molecule has 3 rings (SSSR count). The van der Waals surface area contributed by atoms with Crippen molar-refractivity contribution in [2.24, 2.45) is 0 Å². The van der Waals surface area contributed by atoms with E-state index in [1.807, 2.05) is 0 Å². The highest BCUT2D eigenvalue weighted by molar-refractivity contribution is 5.97. The average Bonchev–Trinajstić information content (AvgIpc) is 3.09. The Morgan fingerprint density at radius 1 is 1.11 bits per heavy atom. The lowest BCUT2D eigenvalue weighted by atomic mass is 10.2. The molecule has 0 aliphatic carbocycles. The second-order valence-electron chi connectivity index (χ2n) is 6.14. The number of carbonyl (C=O) groups excluding carboxylic acids is 3. The van der Waals surface area contributed by atoms with E-state index in [0.29, 0.717) is 30.3 Å². The zero-order valence-electron chi connectivity index (χ0n) is 14.8. The van der Waals surface area contributed by atoms with Crippen LogP contribution in [0.1, 0.15) is 19.8 Å². The Bertz CT molecular complexity index is 1040. The minimum atomic E-state index is -0.802. The first-order chi connectivity index (χ1) is 12.9. The Hall–Kier alpha value is -3.23. The van der Waals surface area contributed by atoms with Crippen LogP contribution in [0.25, 0.3) is 10.9 Å². The topological polar surface area (TPSA) is 108 Å². The molecule has 0 atom stereocenters. The molecule has 1 fully saturated rings. The van der Waals surface area contributed by atoms with E-state index in [-0.39, 0.29) is 12.5 Å². The van der Waals surface area contributed by atoms with Crippen molar-refractivity contribution < 1.29 is 19.1 Å². The fraction of sp³-hybridized carbons (Fsp3) is 0.389. The summed E-state index contributed by atoms with van der Waals surface area (Å²) in [5.74, 6) is -1.67. The summed E-state index contributed by atoms with van der Waals surface area (Å²) in [6, 6.07) is 6.47. The van der Waals surface area contributed by atoms with E-state index in [9.17, 15) is 24.0 Å². The van der Waals surface area contributed by atoms with Crippen LogP contribution in [0.5, 0.6) is 0 Å². The summed E-state index contributed by atoms with van der Waals surface area (Å²) in [4.78, 5) is 61.6. The van der Waals surface area contributed by atoms with Crippen molar-refractivity contribution in [1.29, 1.82) is 0 Å². The zero-order chi connectivity index (χ0) is 19.6. The zero-order valence-corrected chi connectivity index (χ0v) is 14.8. The minimum absolute atomic E-state index is 0.160. The molecular formula is C18H19N3O6. The lowest BCUT2D eigenvalue weighted by molar-refractivity contribution is -0.155. The first-order valence-corrected chi connectivity index (χ1v) is 8.65. The van der Waals surface area contributed by atoms with E-state index >= 15 is 0 Å². The number of rotatable bonds is 5. The number of imide groups is 1. The molecule has 2 amide bonds. The summed E-state index contributed by atoms with van der Waals surface area (Å²) in [6.45, 7) is 1.13. The van der Waals surface area contributed by atoms with Crippen molar-refractivity contribution in [2.45, 2.75) is 32.9 Å². The van der Waals surface area contributed by atoms with Crippen molar-refractivity contribution in [1.82, 2.24) is 14.0 Å². The van der Waals surface area contributed by atoms with Gasteiger partial charge in [-0.25, -0.2) is 4.79 Å². The van der Waals surface area contributed by atoms with Gasteiger partial charge in [-0.2, -0.15) is 0 Å². The molecule has 1 saturated heterocycles. The molecule has 9 heteroatoms. The molecule has 27 heavy (non-hydrogen) atoms. The fourth-order valence-electron chi connectivity index (χ4n) is 3.11. The van der Waals surface area contributed by atoms with Gasteiger partial charge in [0.25, 0.3) is 11.5 Å². The molecule has 1 aliphatic heterocycles. The summed E-state index contributed by atoms with van der Waals surface area (Å²) >= 11 is 0. The van der Waals surface area contributed by atoms with Gasteiger partial charge in [0.1, 0.15) is 6.54 Å². The van der Waals surface area contributed by atoms with Crippen molar-refractivity contribution >= 4 is 28.7 Å². The van der Waals surface area contributed by atoms with Crippen molar-refractivity contribution in [3.63, 3.8) is 0 Å². The molecule has 142 valence electrons. The van der Waals surface area contributed by atoms with Crippen LogP contribution in [0, 0.1) is 0 Å². The molecular weight excluding hydrogens is 354 g/mol. The second-order valence-corrected chi connectivity index (χ2v) is 6.14. The van der Waals surface area contributed by atoms with Crippen molar-refractivity contribution in [2.75, 3.05) is 13.2 Å².